The van der Waals surface area contributed by atoms with Crippen molar-refractivity contribution in [3.05, 3.63) is 88.1 Å². The average molecular weight is 469 g/mol. The lowest BCUT2D eigenvalue weighted by Gasteiger charge is -2.31. The lowest BCUT2D eigenvalue weighted by molar-refractivity contribution is -0.126. The van der Waals surface area contributed by atoms with Crippen LogP contribution in [0, 0.1) is 5.92 Å². The van der Waals surface area contributed by atoms with Crippen LogP contribution in [0.25, 0.3) is 0 Å². The van der Waals surface area contributed by atoms with E-state index in [0.717, 1.165) is 16.9 Å². The Bertz CT molecular complexity index is 1120. The number of benzene rings is 2. The van der Waals surface area contributed by atoms with E-state index in [2.05, 4.69) is 36.5 Å². The Balaban J connectivity index is 1.43. The fraction of sp³-hybridized carbons (Fsp3) is 0.320. The predicted molar refractivity (Wildman–Crippen MR) is 128 cm³/mol. The summed E-state index contributed by atoms with van der Waals surface area (Å²) in [6.45, 7) is 2.83. The molecule has 7 heteroatoms. The van der Waals surface area contributed by atoms with Gasteiger partial charge < -0.3 is 5.32 Å². The van der Waals surface area contributed by atoms with Crippen molar-refractivity contribution in [1.29, 1.82) is 0 Å². The molecule has 0 aliphatic carbocycles. The van der Waals surface area contributed by atoms with Crippen LogP contribution in [0.3, 0.4) is 0 Å². The molecule has 32 heavy (non-hydrogen) atoms. The fourth-order valence-corrected chi connectivity index (χ4v) is 6.37. The van der Waals surface area contributed by atoms with Crippen molar-refractivity contribution < 1.29 is 13.2 Å². The van der Waals surface area contributed by atoms with E-state index in [-0.39, 0.29) is 17.9 Å². The van der Waals surface area contributed by atoms with Gasteiger partial charge in [-0.05, 0) is 54.0 Å². The second-order valence-corrected chi connectivity index (χ2v) is 11.0. The number of nitrogens with zero attached hydrogens (tertiary/aromatic N) is 1. The largest absolute Gasteiger partial charge is 0.344 e. The SMILES string of the molecule is CCc1ccc([C@@H](NC(=O)C2CCN(S(=O)(=O)c3ccccc3)CC2)c2cccs2)cc1. The molecule has 3 aromatic rings. The highest BCUT2D eigenvalue weighted by Gasteiger charge is 2.33. The van der Waals surface area contributed by atoms with Crippen molar-refractivity contribution in [1.82, 2.24) is 9.62 Å². The van der Waals surface area contributed by atoms with Crippen molar-refractivity contribution in [3.63, 3.8) is 0 Å². The molecule has 4 rings (SSSR count). The zero-order chi connectivity index (χ0) is 22.6. The van der Waals surface area contributed by atoms with Gasteiger partial charge >= 0.3 is 0 Å². The number of sulfonamides is 1. The quantitative estimate of drug-likeness (QED) is 0.550. The van der Waals surface area contributed by atoms with E-state index in [4.69, 9.17) is 0 Å². The molecule has 1 aliphatic rings. The molecule has 1 aliphatic heterocycles. The van der Waals surface area contributed by atoms with Gasteiger partial charge in [-0.3, -0.25) is 4.79 Å². The van der Waals surface area contributed by atoms with E-state index >= 15 is 0 Å². The summed E-state index contributed by atoms with van der Waals surface area (Å²) in [5.74, 6) is -0.214. The van der Waals surface area contributed by atoms with Crippen LogP contribution in [0.1, 0.15) is 41.8 Å². The van der Waals surface area contributed by atoms with E-state index in [1.54, 1.807) is 41.7 Å². The van der Waals surface area contributed by atoms with E-state index < -0.39 is 10.0 Å². The van der Waals surface area contributed by atoms with Gasteiger partial charge in [0.05, 0.1) is 10.9 Å². The second kappa shape index (κ2) is 9.98. The zero-order valence-electron chi connectivity index (χ0n) is 18.1. The van der Waals surface area contributed by atoms with Crippen LogP contribution in [0.5, 0.6) is 0 Å². The Morgan fingerprint density at radius 2 is 1.72 bits per heavy atom. The number of hydrogen-bond acceptors (Lipinski definition) is 4. The lowest BCUT2D eigenvalue weighted by atomic mass is 9.95. The molecule has 1 saturated heterocycles. The molecule has 1 N–H and O–H groups in total. The van der Waals surface area contributed by atoms with Gasteiger partial charge in [-0.2, -0.15) is 4.31 Å². The van der Waals surface area contributed by atoms with Crippen molar-refractivity contribution >= 4 is 27.3 Å². The first-order valence-electron chi connectivity index (χ1n) is 11.0. The molecule has 0 saturated carbocycles. The van der Waals surface area contributed by atoms with Crippen LogP contribution in [0.4, 0.5) is 0 Å². The number of amides is 1. The third-order valence-corrected chi connectivity index (χ3v) is 8.89. The third kappa shape index (κ3) is 4.95. The molecule has 1 amide bonds. The maximum atomic E-state index is 13.2. The lowest BCUT2D eigenvalue weighted by Crippen LogP contribution is -2.43. The number of carbonyl (C=O) groups excluding carboxylic acids is 1. The van der Waals surface area contributed by atoms with E-state index in [1.165, 1.54) is 9.87 Å². The minimum Gasteiger partial charge on any atom is -0.344 e. The first-order chi connectivity index (χ1) is 15.5. The first-order valence-corrected chi connectivity index (χ1v) is 13.3. The topological polar surface area (TPSA) is 66.5 Å². The molecule has 5 nitrogen and oxygen atoms in total. The highest BCUT2D eigenvalue weighted by Crippen LogP contribution is 2.29. The maximum absolute atomic E-state index is 13.2. The molecule has 1 fully saturated rings. The van der Waals surface area contributed by atoms with Crippen LogP contribution in [0.2, 0.25) is 0 Å². The fourth-order valence-electron chi connectivity index (χ4n) is 4.08. The molecular weight excluding hydrogens is 440 g/mol. The van der Waals surface area contributed by atoms with Crippen molar-refractivity contribution in [2.45, 2.75) is 37.1 Å². The Hall–Kier alpha value is -2.48. The minimum atomic E-state index is -3.52. The van der Waals surface area contributed by atoms with Gasteiger partial charge in [0, 0.05) is 23.9 Å². The highest BCUT2D eigenvalue weighted by atomic mass is 32.2. The molecule has 0 bridgehead atoms. The summed E-state index contributed by atoms with van der Waals surface area (Å²) in [6.07, 6.45) is 2.01. The Labute approximate surface area is 194 Å². The predicted octanol–water partition coefficient (Wildman–Crippen LogP) is 4.62. The smallest absolute Gasteiger partial charge is 0.243 e. The number of piperidine rings is 1. The van der Waals surface area contributed by atoms with E-state index in [9.17, 15) is 13.2 Å². The van der Waals surface area contributed by atoms with Gasteiger partial charge in [0.1, 0.15) is 0 Å². The normalized spacial score (nSPS) is 16.5. The molecule has 0 unspecified atom stereocenters. The molecule has 2 aromatic carbocycles. The van der Waals surface area contributed by atoms with Gasteiger partial charge in [-0.15, -0.1) is 11.3 Å². The van der Waals surface area contributed by atoms with E-state index in [1.807, 2.05) is 17.5 Å². The molecule has 168 valence electrons. The summed E-state index contributed by atoms with van der Waals surface area (Å²) in [7, 11) is -3.52. The molecular formula is C25H28N2O3S2. The van der Waals surface area contributed by atoms with Crippen molar-refractivity contribution in [3.8, 4) is 0 Å². The standard InChI is InChI=1S/C25H28N2O3S2/c1-2-19-10-12-20(13-11-19)24(23-9-6-18-31-23)26-25(28)21-14-16-27(17-15-21)32(29,30)22-7-4-3-5-8-22/h3-13,18,21,24H,2,14-17H2,1H3,(H,26,28)/t24-/m1/s1. The Kier molecular flexibility index (Phi) is 7.08. The number of rotatable bonds is 7. The van der Waals surface area contributed by atoms with Crippen LogP contribution < -0.4 is 5.32 Å². The van der Waals surface area contributed by atoms with Crippen molar-refractivity contribution in [2.75, 3.05) is 13.1 Å². The van der Waals surface area contributed by atoms with Crippen molar-refractivity contribution in [2.24, 2.45) is 5.92 Å². The third-order valence-electron chi connectivity index (χ3n) is 6.04. The summed E-state index contributed by atoms with van der Waals surface area (Å²) in [5.41, 5.74) is 2.32. The number of aryl methyl sites for hydroxylation is 1. The van der Waals surface area contributed by atoms with Gasteiger partial charge in [-0.1, -0.05) is 55.5 Å². The van der Waals surface area contributed by atoms with E-state index in [0.29, 0.717) is 30.8 Å². The summed E-state index contributed by atoms with van der Waals surface area (Å²) >= 11 is 1.62. The van der Waals surface area contributed by atoms with Gasteiger partial charge in [-0.25, -0.2) is 8.42 Å². The number of nitrogens with one attached hydrogen (secondary N) is 1. The molecule has 0 radical (unpaired) electrons. The van der Waals surface area contributed by atoms with Gasteiger partial charge in [0.15, 0.2) is 0 Å². The maximum Gasteiger partial charge on any atom is 0.243 e. The summed E-state index contributed by atoms with van der Waals surface area (Å²) < 4.78 is 27.2. The van der Waals surface area contributed by atoms with Gasteiger partial charge in [0.2, 0.25) is 15.9 Å². The molecule has 1 atom stereocenters. The monoisotopic (exact) mass is 468 g/mol. The molecule has 2 heterocycles. The summed E-state index contributed by atoms with van der Waals surface area (Å²) in [4.78, 5) is 14.5. The Morgan fingerprint density at radius 1 is 1.03 bits per heavy atom. The number of carbonyl (C=O) groups is 1. The zero-order valence-corrected chi connectivity index (χ0v) is 19.7. The average Bonchev–Trinajstić information content (AvgIpc) is 3.38. The highest BCUT2D eigenvalue weighted by molar-refractivity contribution is 7.89. The van der Waals surface area contributed by atoms with Crippen LogP contribution >= 0.6 is 11.3 Å². The summed E-state index contributed by atoms with van der Waals surface area (Å²) in [6, 6.07) is 20.7. The second-order valence-electron chi connectivity index (χ2n) is 8.04. The van der Waals surface area contributed by atoms with Crippen LogP contribution in [0.15, 0.2) is 77.0 Å². The molecule has 0 spiro atoms. The van der Waals surface area contributed by atoms with Gasteiger partial charge in [0.25, 0.3) is 0 Å². The Morgan fingerprint density at radius 3 is 2.31 bits per heavy atom. The molecule has 1 aromatic heterocycles. The summed E-state index contributed by atoms with van der Waals surface area (Å²) in [5, 5.41) is 5.25. The minimum absolute atomic E-state index is 0.0141. The van der Waals surface area contributed by atoms with Crippen LogP contribution in [-0.4, -0.2) is 31.7 Å². The van der Waals surface area contributed by atoms with Crippen LogP contribution in [-0.2, 0) is 21.2 Å². The number of hydrogen-bond donors (Lipinski definition) is 1. The number of thiophene rings is 1. The first kappa shape index (κ1) is 22.7.